The first-order valence-electron chi connectivity index (χ1n) is 9.28. The van der Waals surface area contributed by atoms with Crippen LogP contribution in [0.5, 0.6) is 5.88 Å². The molecule has 5 heteroatoms. The average Bonchev–Trinajstić information content (AvgIpc) is 2.70. The van der Waals surface area contributed by atoms with Gasteiger partial charge in [-0.25, -0.2) is 4.98 Å². The van der Waals surface area contributed by atoms with E-state index in [0.717, 1.165) is 18.4 Å². The average molecular weight is 354 g/mol. The third kappa shape index (κ3) is 4.22. The largest absolute Gasteiger partial charge is 0.478 e. The van der Waals surface area contributed by atoms with Crippen molar-refractivity contribution in [2.75, 3.05) is 25.1 Å². The number of amides is 1. The zero-order valence-electron chi connectivity index (χ0n) is 15.2. The van der Waals surface area contributed by atoms with E-state index in [-0.39, 0.29) is 5.91 Å². The number of benzene rings is 1. The van der Waals surface area contributed by atoms with Crippen molar-refractivity contribution in [1.29, 1.82) is 0 Å². The fourth-order valence-electron chi connectivity index (χ4n) is 3.24. The number of carbonyl (C=O) groups excluding carboxylic acids is 1. The summed E-state index contributed by atoms with van der Waals surface area (Å²) in [4.78, 5) is 17.4. The molecule has 1 N–H and O–H groups in total. The van der Waals surface area contributed by atoms with E-state index in [2.05, 4.69) is 17.2 Å². The van der Waals surface area contributed by atoms with Gasteiger partial charge < -0.3 is 14.8 Å². The van der Waals surface area contributed by atoms with Crippen molar-refractivity contribution in [3.05, 3.63) is 54.2 Å². The van der Waals surface area contributed by atoms with Crippen LogP contribution in [0.2, 0.25) is 0 Å². The lowest BCUT2D eigenvalue weighted by Crippen LogP contribution is -2.44. The molecule has 2 heterocycles. The number of anilines is 1. The van der Waals surface area contributed by atoms with E-state index in [4.69, 9.17) is 9.47 Å². The van der Waals surface area contributed by atoms with Crippen LogP contribution in [0, 0.1) is 0 Å². The summed E-state index contributed by atoms with van der Waals surface area (Å²) in [5.74, 6) is 0.578. The topological polar surface area (TPSA) is 60.5 Å². The van der Waals surface area contributed by atoms with E-state index < -0.39 is 5.41 Å². The highest BCUT2D eigenvalue weighted by molar-refractivity contribution is 5.99. The number of ether oxygens (including phenoxy) is 2. The van der Waals surface area contributed by atoms with E-state index >= 15 is 0 Å². The van der Waals surface area contributed by atoms with Crippen molar-refractivity contribution in [1.82, 2.24) is 4.98 Å². The minimum absolute atomic E-state index is 0.00606. The van der Waals surface area contributed by atoms with Gasteiger partial charge in [0.1, 0.15) is 0 Å². The van der Waals surface area contributed by atoms with Gasteiger partial charge in [-0.05, 0) is 30.9 Å². The van der Waals surface area contributed by atoms with Crippen LogP contribution in [0.3, 0.4) is 0 Å². The second-order valence-electron chi connectivity index (χ2n) is 6.60. The van der Waals surface area contributed by atoms with Crippen LogP contribution in [0.15, 0.2) is 48.7 Å². The Balaban J connectivity index is 1.72. The minimum atomic E-state index is -0.560. The lowest BCUT2D eigenvalue weighted by molar-refractivity contribution is -0.125. The predicted octanol–water partition coefficient (Wildman–Crippen LogP) is 3.95. The zero-order chi connectivity index (χ0) is 18.2. The van der Waals surface area contributed by atoms with Crippen LogP contribution < -0.4 is 10.1 Å². The summed E-state index contributed by atoms with van der Waals surface area (Å²) in [5.41, 5.74) is 1.16. The SMILES string of the molecule is CCCCOc1ccc(NC(=O)C2(c3ccccc3)CCOCC2)cn1. The number of carbonyl (C=O) groups is 1. The first-order chi connectivity index (χ1) is 12.7. The Morgan fingerprint density at radius 2 is 1.96 bits per heavy atom. The van der Waals surface area contributed by atoms with Crippen LogP contribution >= 0.6 is 0 Å². The van der Waals surface area contributed by atoms with Gasteiger partial charge in [0.05, 0.1) is 23.9 Å². The molecule has 0 spiro atoms. The Morgan fingerprint density at radius 3 is 2.62 bits per heavy atom. The molecule has 2 aromatic rings. The molecular formula is C21H26N2O3. The molecule has 5 nitrogen and oxygen atoms in total. The van der Waals surface area contributed by atoms with Gasteiger partial charge in [-0.1, -0.05) is 43.7 Å². The summed E-state index contributed by atoms with van der Waals surface area (Å²) in [7, 11) is 0. The molecular weight excluding hydrogens is 328 g/mol. The van der Waals surface area contributed by atoms with Gasteiger partial charge in [0.2, 0.25) is 11.8 Å². The normalized spacial score (nSPS) is 16.0. The van der Waals surface area contributed by atoms with Crippen molar-refractivity contribution in [3.63, 3.8) is 0 Å². The fourth-order valence-corrected chi connectivity index (χ4v) is 3.24. The maximum atomic E-state index is 13.2. The highest BCUT2D eigenvalue weighted by Gasteiger charge is 2.41. The van der Waals surface area contributed by atoms with Gasteiger partial charge in [0, 0.05) is 19.3 Å². The number of pyridine rings is 1. The zero-order valence-corrected chi connectivity index (χ0v) is 15.2. The number of hydrogen-bond donors (Lipinski definition) is 1. The van der Waals surface area contributed by atoms with E-state index in [1.165, 1.54) is 0 Å². The van der Waals surface area contributed by atoms with Crippen molar-refractivity contribution in [2.45, 2.75) is 38.0 Å². The second kappa shape index (κ2) is 8.81. The molecule has 0 saturated carbocycles. The van der Waals surface area contributed by atoms with Crippen LogP contribution in [0.1, 0.15) is 38.2 Å². The molecule has 0 aliphatic carbocycles. The monoisotopic (exact) mass is 354 g/mol. The lowest BCUT2D eigenvalue weighted by atomic mass is 9.73. The van der Waals surface area contributed by atoms with Crippen molar-refractivity contribution in [2.24, 2.45) is 0 Å². The summed E-state index contributed by atoms with van der Waals surface area (Å²) < 4.78 is 11.1. The molecule has 1 aromatic carbocycles. The van der Waals surface area contributed by atoms with Crippen molar-refractivity contribution >= 4 is 11.6 Å². The Hall–Kier alpha value is -2.40. The van der Waals surface area contributed by atoms with Crippen LogP contribution in [0.4, 0.5) is 5.69 Å². The standard InChI is InChI=1S/C21H26N2O3/c1-2-3-13-26-19-10-9-18(16-22-19)23-20(24)21(11-14-25-15-12-21)17-7-5-4-6-8-17/h4-10,16H,2-3,11-15H2,1H3,(H,23,24). The Morgan fingerprint density at radius 1 is 1.19 bits per heavy atom. The molecule has 26 heavy (non-hydrogen) atoms. The smallest absolute Gasteiger partial charge is 0.235 e. The predicted molar refractivity (Wildman–Crippen MR) is 101 cm³/mol. The third-order valence-corrected chi connectivity index (χ3v) is 4.85. The van der Waals surface area contributed by atoms with E-state index in [1.807, 2.05) is 36.4 Å². The van der Waals surface area contributed by atoms with E-state index in [0.29, 0.717) is 44.2 Å². The molecule has 1 saturated heterocycles. The van der Waals surface area contributed by atoms with Gasteiger partial charge >= 0.3 is 0 Å². The summed E-state index contributed by atoms with van der Waals surface area (Å²) in [6.07, 6.45) is 5.08. The van der Waals surface area contributed by atoms with Gasteiger partial charge in [-0.3, -0.25) is 4.79 Å². The summed E-state index contributed by atoms with van der Waals surface area (Å²) >= 11 is 0. The van der Waals surface area contributed by atoms with Crippen LogP contribution in [-0.2, 0) is 14.9 Å². The lowest BCUT2D eigenvalue weighted by Gasteiger charge is -2.36. The number of aromatic nitrogens is 1. The Kier molecular flexibility index (Phi) is 6.23. The van der Waals surface area contributed by atoms with Gasteiger partial charge in [0.15, 0.2) is 0 Å². The van der Waals surface area contributed by atoms with Gasteiger partial charge in [-0.15, -0.1) is 0 Å². The maximum absolute atomic E-state index is 13.2. The number of unbranched alkanes of at least 4 members (excludes halogenated alkanes) is 1. The molecule has 0 unspecified atom stereocenters. The van der Waals surface area contributed by atoms with Gasteiger partial charge in [0.25, 0.3) is 0 Å². The quantitative estimate of drug-likeness (QED) is 0.765. The molecule has 0 bridgehead atoms. The highest BCUT2D eigenvalue weighted by atomic mass is 16.5. The number of hydrogen-bond acceptors (Lipinski definition) is 4. The second-order valence-corrected chi connectivity index (χ2v) is 6.60. The summed E-state index contributed by atoms with van der Waals surface area (Å²) in [6, 6.07) is 13.6. The van der Waals surface area contributed by atoms with Crippen LogP contribution in [-0.4, -0.2) is 30.7 Å². The first-order valence-corrected chi connectivity index (χ1v) is 9.28. The maximum Gasteiger partial charge on any atom is 0.235 e. The van der Waals surface area contributed by atoms with E-state index in [1.54, 1.807) is 12.3 Å². The Bertz CT molecular complexity index is 695. The van der Waals surface area contributed by atoms with Crippen LogP contribution in [0.25, 0.3) is 0 Å². The molecule has 138 valence electrons. The molecule has 1 amide bonds. The minimum Gasteiger partial charge on any atom is -0.478 e. The molecule has 0 radical (unpaired) electrons. The molecule has 1 aliphatic heterocycles. The molecule has 1 aromatic heterocycles. The molecule has 1 fully saturated rings. The molecule has 1 aliphatic rings. The Labute approximate surface area is 154 Å². The number of nitrogens with one attached hydrogen (secondary N) is 1. The van der Waals surface area contributed by atoms with Gasteiger partial charge in [-0.2, -0.15) is 0 Å². The fraction of sp³-hybridized carbons (Fsp3) is 0.429. The third-order valence-electron chi connectivity index (χ3n) is 4.85. The van der Waals surface area contributed by atoms with Crippen molar-refractivity contribution in [3.8, 4) is 5.88 Å². The van der Waals surface area contributed by atoms with E-state index in [9.17, 15) is 4.79 Å². The summed E-state index contributed by atoms with van der Waals surface area (Å²) in [5, 5.41) is 3.03. The van der Waals surface area contributed by atoms with Crippen molar-refractivity contribution < 1.29 is 14.3 Å². The molecule has 0 atom stereocenters. The number of rotatable bonds is 7. The molecule has 3 rings (SSSR count). The summed E-state index contributed by atoms with van der Waals surface area (Å²) in [6.45, 7) is 3.95. The first kappa shape index (κ1) is 18.4. The number of nitrogens with zero attached hydrogens (tertiary/aromatic N) is 1. The highest BCUT2D eigenvalue weighted by Crippen LogP contribution is 2.36.